The fraction of sp³-hybridized carbons (Fsp3) is 0.538. The lowest BCUT2D eigenvalue weighted by Gasteiger charge is -2.16. The Kier molecular flexibility index (Phi) is 5.31. The number of hydrogen-bond donors (Lipinski definition) is 2. The molecule has 3 N–H and O–H groups in total. The van der Waals surface area contributed by atoms with Gasteiger partial charge in [0.1, 0.15) is 0 Å². The molecule has 0 aromatic heterocycles. The molecule has 0 saturated carbocycles. The van der Waals surface area contributed by atoms with Crippen LogP contribution in [0.4, 0.5) is 0 Å². The topological polar surface area (TPSA) is 72.2 Å². The molecule has 0 aliphatic carbocycles. The van der Waals surface area contributed by atoms with Gasteiger partial charge in [0.25, 0.3) is 0 Å². The molecule has 0 spiro atoms. The Morgan fingerprint density at radius 2 is 1.78 bits per heavy atom. The van der Waals surface area contributed by atoms with Crippen molar-refractivity contribution in [3.8, 4) is 0 Å². The van der Waals surface area contributed by atoms with Crippen LogP contribution in [0.3, 0.4) is 0 Å². The SMILES string of the molecule is CCCNS(=O)(=O)c1ccc(C(C)C(C)N)cc1. The van der Waals surface area contributed by atoms with Gasteiger partial charge >= 0.3 is 0 Å². The summed E-state index contributed by atoms with van der Waals surface area (Å²) in [6.07, 6.45) is 0.777. The molecule has 1 rings (SSSR count). The van der Waals surface area contributed by atoms with Crippen LogP contribution in [0.5, 0.6) is 0 Å². The molecule has 0 amide bonds. The number of sulfonamides is 1. The van der Waals surface area contributed by atoms with Gasteiger partial charge in [0.2, 0.25) is 10.0 Å². The highest BCUT2D eigenvalue weighted by Crippen LogP contribution is 2.19. The average Bonchev–Trinajstić information content (AvgIpc) is 2.35. The van der Waals surface area contributed by atoms with E-state index in [-0.39, 0.29) is 12.0 Å². The van der Waals surface area contributed by atoms with Crippen LogP contribution in [0.1, 0.15) is 38.7 Å². The second kappa shape index (κ2) is 6.31. The third kappa shape index (κ3) is 3.80. The lowest BCUT2D eigenvalue weighted by Crippen LogP contribution is -2.25. The molecule has 0 aliphatic rings. The van der Waals surface area contributed by atoms with Crippen LogP contribution in [0, 0.1) is 0 Å². The molecule has 0 fully saturated rings. The average molecular weight is 270 g/mol. The van der Waals surface area contributed by atoms with Gasteiger partial charge in [0.05, 0.1) is 4.90 Å². The molecular formula is C13H22N2O2S. The molecule has 102 valence electrons. The molecule has 4 nitrogen and oxygen atoms in total. The van der Waals surface area contributed by atoms with Gasteiger partial charge in [-0.05, 0) is 37.0 Å². The molecular weight excluding hydrogens is 248 g/mol. The quantitative estimate of drug-likeness (QED) is 0.828. The van der Waals surface area contributed by atoms with Gasteiger partial charge < -0.3 is 5.73 Å². The molecule has 0 radical (unpaired) electrons. The zero-order chi connectivity index (χ0) is 13.8. The summed E-state index contributed by atoms with van der Waals surface area (Å²) in [7, 11) is -3.37. The summed E-state index contributed by atoms with van der Waals surface area (Å²) in [6.45, 7) is 6.36. The summed E-state index contributed by atoms with van der Waals surface area (Å²) in [5.41, 5.74) is 6.88. The fourth-order valence-electron chi connectivity index (χ4n) is 1.57. The van der Waals surface area contributed by atoms with Crippen molar-refractivity contribution in [1.29, 1.82) is 0 Å². The van der Waals surface area contributed by atoms with E-state index in [2.05, 4.69) is 4.72 Å². The minimum atomic E-state index is -3.37. The van der Waals surface area contributed by atoms with Crippen LogP contribution in [0.25, 0.3) is 0 Å². The number of nitrogens with two attached hydrogens (primary N) is 1. The smallest absolute Gasteiger partial charge is 0.240 e. The third-order valence-electron chi connectivity index (χ3n) is 3.05. The van der Waals surface area contributed by atoms with E-state index in [4.69, 9.17) is 5.73 Å². The first kappa shape index (κ1) is 15.1. The third-order valence-corrected chi connectivity index (χ3v) is 4.52. The zero-order valence-electron chi connectivity index (χ0n) is 11.2. The molecule has 2 atom stereocenters. The van der Waals surface area contributed by atoms with E-state index in [0.29, 0.717) is 11.4 Å². The first-order valence-electron chi connectivity index (χ1n) is 6.23. The van der Waals surface area contributed by atoms with Crippen LogP contribution in [0.2, 0.25) is 0 Å². The number of nitrogens with one attached hydrogen (secondary N) is 1. The van der Waals surface area contributed by atoms with Gasteiger partial charge in [0.15, 0.2) is 0 Å². The highest BCUT2D eigenvalue weighted by atomic mass is 32.2. The number of rotatable bonds is 6. The monoisotopic (exact) mass is 270 g/mol. The Morgan fingerprint density at radius 1 is 1.22 bits per heavy atom. The molecule has 18 heavy (non-hydrogen) atoms. The summed E-state index contributed by atoms with van der Waals surface area (Å²) in [5.74, 6) is 0.213. The van der Waals surface area contributed by atoms with E-state index >= 15 is 0 Å². The van der Waals surface area contributed by atoms with Crippen molar-refractivity contribution in [3.63, 3.8) is 0 Å². The normalized spacial score (nSPS) is 15.3. The predicted octanol–water partition coefficient (Wildman–Crippen LogP) is 1.83. The Balaban J connectivity index is 2.89. The lowest BCUT2D eigenvalue weighted by atomic mass is 9.95. The molecule has 1 aromatic rings. The Bertz CT molecular complexity index is 466. The maximum absolute atomic E-state index is 11.9. The zero-order valence-corrected chi connectivity index (χ0v) is 12.0. The van der Waals surface area contributed by atoms with Gasteiger partial charge in [-0.15, -0.1) is 0 Å². The summed E-state index contributed by atoms with van der Waals surface area (Å²) >= 11 is 0. The first-order chi connectivity index (χ1) is 8.38. The van der Waals surface area contributed by atoms with E-state index in [0.717, 1.165) is 12.0 Å². The second-order valence-corrected chi connectivity index (χ2v) is 6.38. The molecule has 0 heterocycles. The highest BCUT2D eigenvalue weighted by Gasteiger charge is 2.15. The van der Waals surface area contributed by atoms with E-state index in [1.807, 2.05) is 32.9 Å². The minimum absolute atomic E-state index is 0.0469. The molecule has 2 unspecified atom stereocenters. The van der Waals surface area contributed by atoms with Crippen molar-refractivity contribution in [2.75, 3.05) is 6.54 Å². The molecule has 0 bridgehead atoms. The summed E-state index contributed by atoms with van der Waals surface area (Å²) in [5, 5.41) is 0. The van der Waals surface area contributed by atoms with Crippen molar-refractivity contribution < 1.29 is 8.42 Å². The Hall–Kier alpha value is -0.910. The fourth-order valence-corrected chi connectivity index (χ4v) is 2.71. The van der Waals surface area contributed by atoms with Crippen LogP contribution in [-0.4, -0.2) is 21.0 Å². The highest BCUT2D eigenvalue weighted by molar-refractivity contribution is 7.89. The van der Waals surface area contributed by atoms with Gasteiger partial charge in [-0.2, -0.15) is 0 Å². The standard InChI is InChI=1S/C13H22N2O2S/c1-4-9-15-18(16,17)13-7-5-12(6-8-13)10(2)11(3)14/h5-8,10-11,15H,4,9,14H2,1-3H3. The predicted molar refractivity (Wildman–Crippen MR) is 74.0 cm³/mol. The number of benzene rings is 1. The maximum Gasteiger partial charge on any atom is 0.240 e. The summed E-state index contributed by atoms with van der Waals surface area (Å²) in [6, 6.07) is 6.97. The van der Waals surface area contributed by atoms with Crippen molar-refractivity contribution in [2.24, 2.45) is 5.73 Å². The van der Waals surface area contributed by atoms with Crippen molar-refractivity contribution >= 4 is 10.0 Å². The van der Waals surface area contributed by atoms with Gasteiger partial charge in [0, 0.05) is 12.6 Å². The largest absolute Gasteiger partial charge is 0.327 e. The molecule has 5 heteroatoms. The van der Waals surface area contributed by atoms with Gasteiger partial charge in [-0.1, -0.05) is 26.0 Å². The Morgan fingerprint density at radius 3 is 2.22 bits per heavy atom. The van der Waals surface area contributed by atoms with Crippen molar-refractivity contribution in [3.05, 3.63) is 29.8 Å². The first-order valence-corrected chi connectivity index (χ1v) is 7.72. The number of hydrogen-bond acceptors (Lipinski definition) is 3. The summed E-state index contributed by atoms with van der Waals surface area (Å²) < 4.78 is 26.3. The van der Waals surface area contributed by atoms with Crippen LogP contribution in [0.15, 0.2) is 29.2 Å². The van der Waals surface area contributed by atoms with Crippen LogP contribution < -0.4 is 10.5 Å². The van der Waals surface area contributed by atoms with Gasteiger partial charge in [-0.3, -0.25) is 0 Å². The summed E-state index contributed by atoms with van der Waals surface area (Å²) in [4.78, 5) is 0.302. The second-order valence-electron chi connectivity index (χ2n) is 4.61. The lowest BCUT2D eigenvalue weighted by molar-refractivity contribution is 0.580. The van der Waals surface area contributed by atoms with Crippen molar-refractivity contribution in [1.82, 2.24) is 4.72 Å². The van der Waals surface area contributed by atoms with Crippen LogP contribution >= 0.6 is 0 Å². The molecule has 0 saturated heterocycles. The van der Waals surface area contributed by atoms with E-state index in [1.165, 1.54) is 0 Å². The Labute approximate surface area is 110 Å². The maximum atomic E-state index is 11.9. The van der Waals surface area contributed by atoms with Crippen LogP contribution in [-0.2, 0) is 10.0 Å². The molecule has 1 aromatic carbocycles. The van der Waals surface area contributed by atoms with E-state index in [1.54, 1.807) is 12.1 Å². The minimum Gasteiger partial charge on any atom is -0.327 e. The van der Waals surface area contributed by atoms with Crippen molar-refractivity contribution in [2.45, 2.75) is 44.0 Å². The molecule has 0 aliphatic heterocycles. The van der Waals surface area contributed by atoms with E-state index in [9.17, 15) is 8.42 Å². The van der Waals surface area contributed by atoms with Gasteiger partial charge in [-0.25, -0.2) is 13.1 Å². The van der Waals surface area contributed by atoms with E-state index < -0.39 is 10.0 Å².